The first-order valence-electron chi connectivity index (χ1n) is 4.69. The van der Waals surface area contributed by atoms with Gasteiger partial charge < -0.3 is 0 Å². The molecule has 0 amide bonds. The third kappa shape index (κ3) is 1.75. The Kier molecular flexibility index (Phi) is 2.49. The average molecular weight is 223 g/mol. The third-order valence-electron chi connectivity index (χ3n) is 2.34. The molecular formula is C11H11ClN2O. The van der Waals surface area contributed by atoms with Crippen LogP contribution in [-0.2, 0) is 18.3 Å². The van der Waals surface area contributed by atoms with Gasteiger partial charge in [-0.05, 0) is 18.6 Å². The van der Waals surface area contributed by atoms with Crippen molar-refractivity contribution in [2.24, 2.45) is 7.05 Å². The van der Waals surface area contributed by atoms with Crippen molar-refractivity contribution in [2.45, 2.75) is 13.3 Å². The van der Waals surface area contributed by atoms with Gasteiger partial charge in [-0.25, -0.2) is 0 Å². The maximum Gasteiger partial charge on any atom is 0.158 e. The van der Waals surface area contributed by atoms with E-state index in [9.17, 15) is 4.79 Å². The summed E-state index contributed by atoms with van der Waals surface area (Å²) in [4.78, 5) is 11.1. The fourth-order valence-corrected chi connectivity index (χ4v) is 2.05. The predicted molar refractivity (Wildman–Crippen MR) is 60.1 cm³/mol. The van der Waals surface area contributed by atoms with Gasteiger partial charge in [0, 0.05) is 18.9 Å². The number of para-hydroxylation sites is 1. The number of carbonyl (C=O) groups excluding carboxylic acids is 1. The number of carbonyl (C=O) groups is 1. The molecule has 4 heteroatoms. The Labute approximate surface area is 92.6 Å². The van der Waals surface area contributed by atoms with Crippen LogP contribution in [0.1, 0.15) is 12.5 Å². The molecule has 0 radical (unpaired) electrons. The van der Waals surface area contributed by atoms with Gasteiger partial charge in [-0.2, -0.15) is 5.10 Å². The summed E-state index contributed by atoms with van der Waals surface area (Å²) in [6.07, 6.45) is 0.424. The number of hydrogen-bond acceptors (Lipinski definition) is 2. The molecule has 0 aliphatic rings. The number of benzene rings is 1. The fraction of sp³-hybridized carbons (Fsp3) is 0.273. The molecule has 0 atom stereocenters. The summed E-state index contributed by atoms with van der Waals surface area (Å²) in [7, 11) is 1.83. The van der Waals surface area contributed by atoms with Crippen LogP contribution in [0.2, 0.25) is 5.15 Å². The van der Waals surface area contributed by atoms with Gasteiger partial charge in [0.15, 0.2) is 5.15 Å². The Morgan fingerprint density at radius 2 is 2.27 bits per heavy atom. The Morgan fingerprint density at radius 1 is 1.53 bits per heavy atom. The molecule has 1 heterocycles. The van der Waals surface area contributed by atoms with Crippen LogP contribution in [0.5, 0.6) is 0 Å². The van der Waals surface area contributed by atoms with E-state index in [1.54, 1.807) is 11.6 Å². The largest absolute Gasteiger partial charge is 0.300 e. The second kappa shape index (κ2) is 3.66. The Balaban J connectivity index is 2.69. The lowest BCUT2D eigenvalue weighted by Crippen LogP contribution is -2.00. The minimum absolute atomic E-state index is 0.139. The van der Waals surface area contributed by atoms with Crippen molar-refractivity contribution >= 4 is 28.3 Å². The minimum atomic E-state index is 0.139. The van der Waals surface area contributed by atoms with Crippen molar-refractivity contribution in [1.82, 2.24) is 9.78 Å². The van der Waals surface area contributed by atoms with Gasteiger partial charge in [0.25, 0.3) is 0 Å². The molecule has 0 saturated heterocycles. The molecule has 0 spiro atoms. The zero-order valence-electron chi connectivity index (χ0n) is 8.62. The minimum Gasteiger partial charge on any atom is -0.300 e. The van der Waals surface area contributed by atoms with Crippen LogP contribution in [0.25, 0.3) is 10.9 Å². The molecule has 78 valence electrons. The second-order valence-corrected chi connectivity index (χ2v) is 3.96. The monoisotopic (exact) mass is 222 g/mol. The van der Waals surface area contributed by atoms with Gasteiger partial charge in [-0.3, -0.25) is 9.48 Å². The summed E-state index contributed by atoms with van der Waals surface area (Å²) in [6.45, 7) is 1.58. The fourth-order valence-electron chi connectivity index (χ4n) is 1.79. The molecule has 0 unspecified atom stereocenters. The molecule has 0 aliphatic heterocycles. The highest BCUT2D eigenvalue weighted by molar-refractivity contribution is 6.34. The molecular weight excluding hydrogens is 212 g/mol. The molecule has 2 rings (SSSR count). The van der Waals surface area contributed by atoms with E-state index in [4.69, 9.17) is 11.6 Å². The van der Waals surface area contributed by atoms with Gasteiger partial charge in [0.1, 0.15) is 5.78 Å². The SMILES string of the molecule is CC(=O)Cc1cccc2c(Cl)nn(C)c12. The number of hydrogen-bond donors (Lipinski definition) is 0. The molecule has 2 aromatic rings. The lowest BCUT2D eigenvalue weighted by molar-refractivity contribution is -0.116. The zero-order chi connectivity index (χ0) is 11.0. The van der Waals surface area contributed by atoms with Crippen LogP contribution in [0.15, 0.2) is 18.2 Å². The number of nitrogens with zero attached hydrogens (tertiary/aromatic N) is 2. The Hall–Kier alpha value is -1.35. The van der Waals surface area contributed by atoms with E-state index >= 15 is 0 Å². The molecule has 15 heavy (non-hydrogen) atoms. The number of rotatable bonds is 2. The topological polar surface area (TPSA) is 34.9 Å². The second-order valence-electron chi connectivity index (χ2n) is 3.61. The van der Waals surface area contributed by atoms with Crippen molar-refractivity contribution < 1.29 is 4.79 Å². The van der Waals surface area contributed by atoms with E-state index in [-0.39, 0.29) is 5.78 Å². The first-order valence-corrected chi connectivity index (χ1v) is 5.07. The van der Waals surface area contributed by atoms with Gasteiger partial charge in [-0.15, -0.1) is 0 Å². The molecule has 1 aromatic carbocycles. The van der Waals surface area contributed by atoms with Crippen molar-refractivity contribution in [3.63, 3.8) is 0 Å². The number of Topliss-reactive ketones (excluding diaryl/α,β-unsaturated/α-hetero) is 1. The van der Waals surface area contributed by atoms with Gasteiger partial charge in [0.05, 0.1) is 5.52 Å². The molecule has 0 bridgehead atoms. The summed E-state index contributed by atoms with van der Waals surface area (Å²) in [5.74, 6) is 0.139. The van der Waals surface area contributed by atoms with Crippen molar-refractivity contribution in [3.05, 3.63) is 28.9 Å². The zero-order valence-corrected chi connectivity index (χ0v) is 9.38. The molecule has 0 fully saturated rings. The van der Waals surface area contributed by atoms with Gasteiger partial charge in [-0.1, -0.05) is 23.7 Å². The lowest BCUT2D eigenvalue weighted by atomic mass is 10.1. The number of fused-ring (bicyclic) bond motifs is 1. The van der Waals surface area contributed by atoms with Crippen molar-refractivity contribution in [1.29, 1.82) is 0 Å². The normalized spacial score (nSPS) is 10.9. The van der Waals surface area contributed by atoms with Crippen LogP contribution in [-0.4, -0.2) is 15.6 Å². The van der Waals surface area contributed by atoms with E-state index in [0.29, 0.717) is 11.6 Å². The first kappa shape index (κ1) is 10.2. The smallest absolute Gasteiger partial charge is 0.158 e. The first-order chi connectivity index (χ1) is 7.09. The van der Waals surface area contributed by atoms with Crippen molar-refractivity contribution in [3.8, 4) is 0 Å². The Morgan fingerprint density at radius 3 is 2.93 bits per heavy atom. The lowest BCUT2D eigenvalue weighted by Gasteiger charge is -2.02. The summed E-state index contributed by atoms with van der Waals surface area (Å²) in [5, 5.41) is 5.51. The summed E-state index contributed by atoms with van der Waals surface area (Å²) in [5.41, 5.74) is 1.92. The third-order valence-corrected chi connectivity index (χ3v) is 2.62. The number of halogens is 1. The highest BCUT2D eigenvalue weighted by atomic mass is 35.5. The summed E-state index contributed by atoms with van der Waals surface area (Å²) in [6, 6.07) is 5.74. The summed E-state index contributed by atoms with van der Waals surface area (Å²) >= 11 is 5.97. The summed E-state index contributed by atoms with van der Waals surface area (Å²) < 4.78 is 1.72. The van der Waals surface area contributed by atoms with Crippen LogP contribution < -0.4 is 0 Å². The number of ketones is 1. The molecule has 3 nitrogen and oxygen atoms in total. The van der Waals surface area contributed by atoms with Crippen LogP contribution in [0, 0.1) is 0 Å². The predicted octanol–water partition coefficient (Wildman–Crippen LogP) is 2.36. The highest BCUT2D eigenvalue weighted by Gasteiger charge is 2.11. The maximum atomic E-state index is 11.1. The van der Waals surface area contributed by atoms with Gasteiger partial charge >= 0.3 is 0 Å². The van der Waals surface area contributed by atoms with E-state index in [0.717, 1.165) is 16.5 Å². The molecule has 0 saturated carbocycles. The van der Waals surface area contributed by atoms with E-state index in [1.165, 1.54) is 0 Å². The molecule has 0 aliphatic carbocycles. The van der Waals surface area contributed by atoms with Crippen LogP contribution in [0.4, 0.5) is 0 Å². The molecule has 0 N–H and O–H groups in total. The average Bonchev–Trinajstić information content (AvgIpc) is 2.43. The highest BCUT2D eigenvalue weighted by Crippen LogP contribution is 2.25. The molecule has 1 aromatic heterocycles. The van der Waals surface area contributed by atoms with Crippen LogP contribution in [0.3, 0.4) is 0 Å². The van der Waals surface area contributed by atoms with E-state index in [1.807, 2.05) is 25.2 Å². The number of aryl methyl sites for hydroxylation is 1. The van der Waals surface area contributed by atoms with E-state index < -0.39 is 0 Å². The maximum absolute atomic E-state index is 11.1. The standard InChI is InChI=1S/C11H11ClN2O/c1-7(15)6-8-4-3-5-9-10(8)14(2)13-11(9)12/h3-5H,6H2,1-2H3. The number of aromatic nitrogens is 2. The van der Waals surface area contributed by atoms with Crippen LogP contribution >= 0.6 is 11.6 Å². The van der Waals surface area contributed by atoms with Gasteiger partial charge in [0.2, 0.25) is 0 Å². The van der Waals surface area contributed by atoms with Crippen molar-refractivity contribution in [2.75, 3.05) is 0 Å². The Bertz CT molecular complexity index is 531. The quantitative estimate of drug-likeness (QED) is 0.782. The van der Waals surface area contributed by atoms with E-state index in [2.05, 4.69) is 5.10 Å².